The van der Waals surface area contributed by atoms with Crippen LogP contribution >= 0.6 is 0 Å². The molecule has 0 aliphatic carbocycles. The Bertz CT molecular complexity index is 816. The minimum atomic E-state index is -0.431. The Kier molecular flexibility index (Phi) is 5.01. The number of pyridine rings is 1. The number of benzene rings is 1. The van der Waals surface area contributed by atoms with Crippen LogP contribution in [-0.4, -0.2) is 43.1 Å². The van der Waals surface area contributed by atoms with E-state index in [0.717, 1.165) is 25.9 Å². The van der Waals surface area contributed by atoms with Gasteiger partial charge in [0.2, 0.25) is 5.88 Å². The Morgan fingerprint density at radius 3 is 2.58 bits per heavy atom. The minimum Gasteiger partial charge on any atom is -0.481 e. The van der Waals surface area contributed by atoms with Crippen molar-refractivity contribution < 1.29 is 14.5 Å². The lowest BCUT2D eigenvalue weighted by atomic mass is 10.1. The Labute approximate surface area is 151 Å². The number of ether oxygens (including phenoxy) is 1. The highest BCUT2D eigenvalue weighted by Crippen LogP contribution is 2.32. The molecule has 0 radical (unpaired) electrons. The molecule has 1 fully saturated rings. The third kappa shape index (κ3) is 3.44. The van der Waals surface area contributed by atoms with Gasteiger partial charge < -0.3 is 14.5 Å². The molecule has 1 aromatic heterocycles. The second-order valence-corrected chi connectivity index (χ2v) is 6.08. The molecule has 1 aromatic carbocycles. The van der Waals surface area contributed by atoms with Crippen molar-refractivity contribution in [3.8, 4) is 5.88 Å². The van der Waals surface area contributed by atoms with Gasteiger partial charge in [-0.15, -0.1) is 0 Å². The maximum atomic E-state index is 12.7. The fourth-order valence-corrected chi connectivity index (χ4v) is 3.03. The average Bonchev–Trinajstić information content (AvgIpc) is 3.21. The van der Waals surface area contributed by atoms with Gasteiger partial charge in [-0.2, -0.15) is 0 Å². The highest BCUT2D eigenvalue weighted by Gasteiger charge is 2.25. The van der Waals surface area contributed by atoms with Crippen molar-refractivity contribution in [3.63, 3.8) is 0 Å². The van der Waals surface area contributed by atoms with E-state index in [0.29, 0.717) is 17.3 Å². The molecule has 136 valence electrons. The number of hydrogen-bond donors (Lipinski definition) is 0. The molecule has 1 saturated heterocycles. The van der Waals surface area contributed by atoms with Crippen molar-refractivity contribution in [2.75, 3.05) is 37.0 Å². The van der Waals surface area contributed by atoms with Gasteiger partial charge in [-0.05, 0) is 31.0 Å². The van der Waals surface area contributed by atoms with Crippen LogP contribution in [0.1, 0.15) is 23.2 Å². The quantitative estimate of drug-likeness (QED) is 0.604. The van der Waals surface area contributed by atoms with Crippen molar-refractivity contribution in [1.82, 2.24) is 4.98 Å². The van der Waals surface area contributed by atoms with Crippen LogP contribution in [-0.2, 0) is 0 Å². The predicted molar refractivity (Wildman–Crippen MR) is 98.1 cm³/mol. The molecule has 1 amide bonds. The highest BCUT2D eigenvalue weighted by molar-refractivity contribution is 6.06. The fraction of sp³-hybridized carbons (Fsp3) is 0.333. The molecule has 0 bridgehead atoms. The first-order valence-electron chi connectivity index (χ1n) is 8.32. The van der Waals surface area contributed by atoms with Crippen molar-refractivity contribution in [2.45, 2.75) is 12.8 Å². The molecule has 1 aliphatic rings. The summed E-state index contributed by atoms with van der Waals surface area (Å²) in [6.07, 6.45) is 3.56. The highest BCUT2D eigenvalue weighted by atomic mass is 16.6. The standard InChI is InChI=1S/C18H20N4O4/c1-20(14-6-8-17(26-2)19-12-14)18(23)13-5-7-15(16(11-13)22(24)25)21-9-3-4-10-21/h5-8,11-12H,3-4,9-10H2,1-2H3. The molecule has 0 unspecified atom stereocenters. The van der Waals surface area contributed by atoms with Crippen molar-refractivity contribution in [2.24, 2.45) is 0 Å². The Morgan fingerprint density at radius 1 is 1.27 bits per heavy atom. The molecule has 0 N–H and O–H groups in total. The number of nitro benzene ring substituents is 1. The molecule has 2 heterocycles. The van der Waals surface area contributed by atoms with Crippen LogP contribution in [0.25, 0.3) is 0 Å². The van der Waals surface area contributed by atoms with E-state index in [1.807, 2.05) is 4.90 Å². The van der Waals surface area contributed by atoms with E-state index in [-0.39, 0.29) is 17.2 Å². The van der Waals surface area contributed by atoms with Gasteiger partial charge in [0.05, 0.1) is 23.9 Å². The number of rotatable bonds is 5. The summed E-state index contributed by atoms with van der Waals surface area (Å²) in [6, 6.07) is 8.01. The largest absolute Gasteiger partial charge is 0.481 e. The van der Waals surface area contributed by atoms with Crippen LogP contribution in [0.5, 0.6) is 5.88 Å². The number of nitro groups is 1. The van der Waals surface area contributed by atoms with Gasteiger partial charge in [0.1, 0.15) is 5.69 Å². The first kappa shape index (κ1) is 17.7. The number of carbonyl (C=O) groups excluding carboxylic acids is 1. The molecule has 0 saturated carbocycles. The van der Waals surface area contributed by atoms with Crippen LogP contribution in [0.3, 0.4) is 0 Å². The summed E-state index contributed by atoms with van der Waals surface area (Å²) in [5.41, 5.74) is 1.36. The lowest BCUT2D eigenvalue weighted by Gasteiger charge is -2.20. The summed E-state index contributed by atoms with van der Waals surface area (Å²) in [7, 11) is 3.12. The molecular formula is C18H20N4O4. The monoisotopic (exact) mass is 356 g/mol. The zero-order valence-electron chi connectivity index (χ0n) is 14.7. The Hall–Kier alpha value is -3.16. The molecular weight excluding hydrogens is 336 g/mol. The molecule has 0 spiro atoms. The molecule has 0 atom stereocenters. The smallest absolute Gasteiger partial charge is 0.293 e. The number of aromatic nitrogens is 1. The van der Waals surface area contributed by atoms with E-state index in [9.17, 15) is 14.9 Å². The van der Waals surface area contributed by atoms with Crippen molar-refractivity contribution >= 4 is 23.0 Å². The molecule has 26 heavy (non-hydrogen) atoms. The van der Waals surface area contributed by atoms with Gasteiger partial charge in [-0.1, -0.05) is 0 Å². The lowest BCUT2D eigenvalue weighted by molar-refractivity contribution is -0.384. The number of methoxy groups -OCH3 is 1. The van der Waals surface area contributed by atoms with Gasteiger partial charge >= 0.3 is 0 Å². The average molecular weight is 356 g/mol. The van der Waals surface area contributed by atoms with Crippen LogP contribution in [0, 0.1) is 10.1 Å². The molecule has 8 heteroatoms. The molecule has 8 nitrogen and oxygen atoms in total. The SMILES string of the molecule is COc1ccc(N(C)C(=O)c2ccc(N3CCCC3)c([N+](=O)[O-])c2)cn1. The van der Waals surface area contributed by atoms with Gasteiger partial charge in [0, 0.05) is 37.8 Å². The van der Waals surface area contributed by atoms with Crippen molar-refractivity contribution in [3.05, 3.63) is 52.2 Å². The molecule has 1 aliphatic heterocycles. The van der Waals surface area contributed by atoms with Gasteiger partial charge in [-0.25, -0.2) is 4.98 Å². The minimum absolute atomic E-state index is 0.0426. The lowest BCUT2D eigenvalue weighted by Crippen LogP contribution is -2.26. The fourth-order valence-electron chi connectivity index (χ4n) is 3.03. The zero-order chi connectivity index (χ0) is 18.7. The Morgan fingerprint density at radius 2 is 2.00 bits per heavy atom. The summed E-state index contributed by atoms with van der Waals surface area (Å²) in [4.78, 5) is 31.3. The number of anilines is 2. The zero-order valence-corrected chi connectivity index (χ0v) is 14.7. The van der Waals surface area contributed by atoms with Gasteiger partial charge in [0.25, 0.3) is 11.6 Å². The molecule has 2 aromatic rings. The Balaban J connectivity index is 1.88. The van der Waals surface area contributed by atoms with E-state index in [1.54, 1.807) is 31.3 Å². The van der Waals surface area contributed by atoms with E-state index in [4.69, 9.17) is 4.74 Å². The normalized spacial score (nSPS) is 13.5. The van der Waals surface area contributed by atoms with E-state index < -0.39 is 4.92 Å². The maximum absolute atomic E-state index is 12.7. The van der Waals surface area contributed by atoms with Crippen LogP contribution < -0.4 is 14.5 Å². The van der Waals surface area contributed by atoms with Crippen molar-refractivity contribution in [1.29, 1.82) is 0 Å². The second-order valence-electron chi connectivity index (χ2n) is 6.08. The van der Waals surface area contributed by atoms with E-state index in [2.05, 4.69) is 4.98 Å². The number of nitrogens with zero attached hydrogens (tertiary/aromatic N) is 4. The topological polar surface area (TPSA) is 88.8 Å². The summed E-state index contributed by atoms with van der Waals surface area (Å²) < 4.78 is 5.00. The summed E-state index contributed by atoms with van der Waals surface area (Å²) in [5.74, 6) is 0.105. The molecule has 3 rings (SSSR count). The van der Waals surface area contributed by atoms with Crippen LogP contribution in [0.4, 0.5) is 17.1 Å². The third-order valence-corrected chi connectivity index (χ3v) is 4.49. The van der Waals surface area contributed by atoms with Gasteiger partial charge in [-0.3, -0.25) is 14.9 Å². The third-order valence-electron chi connectivity index (χ3n) is 4.49. The summed E-state index contributed by atoms with van der Waals surface area (Å²) >= 11 is 0. The van der Waals surface area contributed by atoms with Crippen LogP contribution in [0.15, 0.2) is 36.5 Å². The van der Waals surface area contributed by atoms with E-state index >= 15 is 0 Å². The van der Waals surface area contributed by atoms with Gasteiger partial charge in [0.15, 0.2) is 0 Å². The van der Waals surface area contributed by atoms with Crippen LogP contribution in [0.2, 0.25) is 0 Å². The number of carbonyl (C=O) groups is 1. The first-order chi connectivity index (χ1) is 12.5. The summed E-state index contributed by atoms with van der Waals surface area (Å²) in [5, 5.41) is 11.5. The number of amides is 1. The van der Waals surface area contributed by atoms with E-state index in [1.165, 1.54) is 24.3 Å². The first-order valence-corrected chi connectivity index (χ1v) is 8.32. The maximum Gasteiger partial charge on any atom is 0.293 e. The summed E-state index contributed by atoms with van der Waals surface area (Å²) in [6.45, 7) is 1.59. The predicted octanol–water partition coefficient (Wildman–Crippen LogP) is 2.88. The second kappa shape index (κ2) is 7.38. The number of hydrogen-bond acceptors (Lipinski definition) is 6.